The van der Waals surface area contributed by atoms with Crippen LogP contribution in [0.4, 0.5) is 0 Å². The smallest absolute Gasteiger partial charge is 0.348 e. The van der Waals surface area contributed by atoms with Gasteiger partial charge < -0.3 is 14.2 Å². The van der Waals surface area contributed by atoms with E-state index in [-0.39, 0.29) is 12.2 Å². The number of hydrogen-bond donors (Lipinski definition) is 0. The third-order valence-electron chi connectivity index (χ3n) is 2.50. The Bertz CT molecular complexity index is 676. The minimum Gasteiger partial charge on any atom is -0.490 e. The Morgan fingerprint density at radius 1 is 1.30 bits per heavy atom. The molecule has 0 aliphatic carbocycles. The minimum atomic E-state index is -0.688. The number of halogens is 1. The lowest BCUT2D eigenvalue weighted by atomic mass is 10.1. The standard InChI is InChI=1S/C16H16INO5/c1-4-21-14-8-11(6-12(9-18)16(20)22-5-2)7-13(17)15(14)23-10(3)19/h6-8H,4-5H2,1-3H3. The van der Waals surface area contributed by atoms with E-state index in [2.05, 4.69) is 0 Å². The van der Waals surface area contributed by atoms with Crippen LogP contribution >= 0.6 is 22.6 Å². The molecule has 0 radical (unpaired) electrons. The lowest BCUT2D eigenvalue weighted by Gasteiger charge is -2.12. The molecule has 7 heteroatoms. The van der Waals surface area contributed by atoms with E-state index in [0.29, 0.717) is 27.2 Å². The van der Waals surface area contributed by atoms with Crippen molar-refractivity contribution in [2.24, 2.45) is 0 Å². The summed E-state index contributed by atoms with van der Waals surface area (Å²) in [5.74, 6) is -0.475. The van der Waals surface area contributed by atoms with Crippen molar-refractivity contribution in [3.63, 3.8) is 0 Å². The second-order valence-electron chi connectivity index (χ2n) is 4.25. The first-order valence-electron chi connectivity index (χ1n) is 6.86. The number of benzene rings is 1. The molecule has 0 atom stereocenters. The lowest BCUT2D eigenvalue weighted by Crippen LogP contribution is -2.07. The summed E-state index contributed by atoms with van der Waals surface area (Å²) < 4.78 is 16.1. The van der Waals surface area contributed by atoms with Crippen molar-refractivity contribution in [2.75, 3.05) is 13.2 Å². The summed E-state index contributed by atoms with van der Waals surface area (Å²) in [7, 11) is 0. The van der Waals surface area contributed by atoms with Gasteiger partial charge in [-0.2, -0.15) is 5.26 Å². The van der Waals surface area contributed by atoms with Crippen LogP contribution in [0.2, 0.25) is 0 Å². The number of rotatable bonds is 6. The van der Waals surface area contributed by atoms with Crippen molar-refractivity contribution < 1.29 is 23.8 Å². The first kappa shape index (κ1) is 19.0. The summed E-state index contributed by atoms with van der Waals surface area (Å²) in [4.78, 5) is 22.9. The molecule has 1 aromatic rings. The van der Waals surface area contributed by atoms with E-state index in [9.17, 15) is 9.59 Å². The molecule has 0 aliphatic heterocycles. The Morgan fingerprint density at radius 3 is 2.52 bits per heavy atom. The molecule has 0 saturated carbocycles. The topological polar surface area (TPSA) is 85.6 Å². The molecule has 0 amide bonds. The third-order valence-corrected chi connectivity index (χ3v) is 3.31. The molecule has 0 unspecified atom stereocenters. The maximum atomic E-state index is 11.7. The zero-order valence-corrected chi connectivity index (χ0v) is 15.2. The zero-order chi connectivity index (χ0) is 17.4. The van der Waals surface area contributed by atoms with E-state index < -0.39 is 11.9 Å². The molecule has 122 valence electrons. The molecule has 1 rings (SSSR count). The fourth-order valence-corrected chi connectivity index (χ4v) is 2.42. The number of nitrogens with zero attached hydrogens (tertiary/aromatic N) is 1. The van der Waals surface area contributed by atoms with Gasteiger partial charge in [0.1, 0.15) is 11.6 Å². The van der Waals surface area contributed by atoms with Crippen molar-refractivity contribution in [2.45, 2.75) is 20.8 Å². The molecule has 0 saturated heterocycles. The van der Waals surface area contributed by atoms with Crippen LogP contribution < -0.4 is 9.47 Å². The fourth-order valence-electron chi connectivity index (χ4n) is 1.69. The first-order valence-corrected chi connectivity index (χ1v) is 7.94. The van der Waals surface area contributed by atoms with Crippen molar-refractivity contribution in [3.8, 4) is 17.6 Å². The summed E-state index contributed by atoms with van der Waals surface area (Å²) in [6.07, 6.45) is 1.40. The second kappa shape index (κ2) is 9.15. The van der Waals surface area contributed by atoms with Crippen LogP contribution in [0.25, 0.3) is 6.08 Å². The Balaban J connectivity index is 3.30. The van der Waals surface area contributed by atoms with Gasteiger partial charge in [0.25, 0.3) is 0 Å². The van der Waals surface area contributed by atoms with Crippen LogP contribution in [0.3, 0.4) is 0 Å². The number of ether oxygens (including phenoxy) is 3. The Labute approximate surface area is 148 Å². The summed E-state index contributed by atoms with van der Waals surface area (Å²) in [5.41, 5.74) is 0.448. The molecule has 23 heavy (non-hydrogen) atoms. The van der Waals surface area contributed by atoms with Crippen molar-refractivity contribution in [1.29, 1.82) is 5.26 Å². The number of carbonyl (C=O) groups is 2. The van der Waals surface area contributed by atoms with Crippen LogP contribution in [-0.2, 0) is 14.3 Å². The van der Waals surface area contributed by atoms with Crippen molar-refractivity contribution in [3.05, 3.63) is 26.8 Å². The molecule has 0 spiro atoms. The van der Waals surface area contributed by atoms with Gasteiger partial charge in [0.15, 0.2) is 11.5 Å². The average molecular weight is 429 g/mol. The Morgan fingerprint density at radius 2 is 2.00 bits per heavy atom. The van der Waals surface area contributed by atoms with Crippen LogP contribution in [0.1, 0.15) is 26.3 Å². The molecule has 0 fully saturated rings. The van der Waals surface area contributed by atoms with Gasteiger partial charge >= 0.3 is 11.9 Å². The normalized spacial score (nSPS) is 10.7. The van der Waals surface area contributed by atoms with Gasteiger partial charge in [-0.1, -0.05) is 0 Å². The summed E-state index contributed by atoms with van der Waals surface area (Å²) in [6, 6.07) is 5.09. The number of hydrogen-bond acceptors (Lipinski definition) is 6. The molecular formula is C16H16INO5. The Hall–Kier alpha value is -2.08. The second-order valence-corrected chi connectivity index (χ2v) is 5.41. The zero-order valence-electron chi connectivity index (χ0n) is 13.0. The molecule has 0 aliphatic rings. The maximum Gasteiger partial charge on any atom is 0.348 e. The maximum absolute atomic E-state index is 11.7. The molecule has 0 aromatic heterocycles. The molecular weight excluding hydrogens is 413 g/mol. The highest BCUT2D eigenvalue weighted by atomic mass is 127. The fraction of sp³-hybridized carbons (Fsp3) is 0.312. The van der Waals surface area contributed by atoms with E-state index in [1.807, 2.05) is 28.7 Å². The van der Waals surface area contributed by atoms with Gasteiger partial charge in [0.2, 0.25) is 0 Å². The molecule has 1 aromatic carbocycles. The predicted molar refractivity (Wildman–Crippen MR) is 91.9 cm³/mol. The van der Waals surface area contributed by atoms with Gasteiger partial charge in [-0.25, -0.2) is 4.79 Å². The third kappa shape index (κ3) is 5.56. The van der Waals surface area contributed by atoms with Crippen molar-refractivity contribution >= 4 is 40.6 Å². The van der Waals surface area contributed by atoms with E-state index in [1.54, 1.807) is 26.0 Å². The quantitative estimate of drug-likeness (QED) is 0.227. The van der Waals surface area contributed by atoms with E-state index in [1.165, 1.54) is 13.0 Å². The van der Waals surface area contributed by atoms with Gasteiger partial charge in [-0.15, -0.1) is 0 Å². The number of esters is 2. The van der Waals surface area contributed by atoms with Gasteiger partial charge in [-0.3, -0.25) is 4.79 Å². The van der Waals surface area contributed by atoms with Crippen molar-refractivity contribution in [1.82, 2.24) is 0 Å². The molecule has 0 N–H and O–H groups in total. The number of carbonyl (C=O) groups excluding carboxylic acids is 2. The van der Waals surface area contributed by atoms with Crippen LogP contribution in [-0.4, -0.2) is 25.2 Å². The lowest BCUT2D eigenvalue weighted by molar-refractivity contribution is -0.138. The first-order chi connectivity index (χ1) is 10.9. The SMILES string of the molecule is CCOC(=O)C(C#N)=Cc1cc(I)c(OC(C)=O)c(OCC)c1. The Kier molecular flexibility index (Phi) is 7.54. The largest absolute Gasteiger partial charge is 0.490 e. The molecule has 0 heterocycles. The molecule has 0 bridgehead atoms. The van der Waals surface area contributed by atoms with Crippen LogP contribution in [0, 0.1) is 14.9 Å². The van der Waals surface area contributed by atoms with Gasteiger partial charge in [-0.05, 0) is 60.2 Å². The predicted octanol–water partition coefficient (Wildman–Crippen LogP) is 3.09. The summed E-state index contributed by atoms with van der Waals surface area (Å²) >= 11 is 1.99. The average Bonchev–Trinajstić information content (AvgIpc) is 2.48. The van der Waals surface area contributed by atoms with E-state index in [4.69, 9.17) is 19.5 Å². The number of nitriles is 1. The van der Waals surface area contributed by atoms with E-state index >= 15 is 0 Å². The minimum absolute atomic E-state index is 0.120. The highest BCUT2D eigenvalue weighted by molar-refractivity contribution is 14.1. The van der Waals surface area contributed by atoms with Gasteiger partial charge in [0.05, 0.1) is 16.8 Å². The molecule has 6 nitrogen and oxygen atoms in total. The highest BCUT2D eigenvalue weighted by Crippen LogP contribution is 2.35. The highest BCUT2D eigenvalue weighted by Gasteiger charge is 2.15. The van der Waals surface area contributed by atoms with Crippen LogP contribution in [0.5, 0.6) is 11.5 Å². The monoisotopic (exact) mass is 429 g/mol. The van der Waals surface area contributed by atoms with Gasteiger partial charge in [0, 0.05) is 6.92 Å². The summed E-state index contributed by atoms with van der Waals surface area (Å²) in [5, 5.41) is 9.08. The summed E-state index contributed by atoms with van der Waals surface area (Å²) in [6.45, 7) is 5.32. The van der Waals surface area contributed by atoms with Crippen LogP contribution in [0.15, 0.2) is 17.7 Å². The van der Waals surface area contributed by atoms with E-state index in [0.717, 1.165) is 0 Å².